The number of nitrogens with zero attached hydrogens (tertiary/aromatic N) is 1. The summed E-state index contributed by atoms with van der Waals surface area (Å²) in [5.74, 6) is -0.798. The van der Waals surface area contributed by atoms with Crippen molar-refractivity contribution in [1.29, 1.82) is 0 Å². The first-order valence-electron chi connectivity index (χ1n) is 6.52. The second-order valence-corrected chi connectivity index (χ2v) is 5.44. The Hall–Kier alpha value is -1.62. The number of amides is 1. The molecule has 4 nitrogen and oxygen atoms in total. The Morgan fingerprint density at radius 2 is 2.11 bits per heavy atom. The number of halogens is 1. The van der Waals surface area contributed by atoms with Crippen molar-refractivity contribution < 1.29 is 19.4 Å². The van der Waals surface area contributed by atoms with E-state index in [0.717, 1.165) is 18.9 Å². The summed E-state index contributed by atoms with van der Waals surface area (Å²) in [6.07, 6.45) is 1.38. The molecule has 1 amide bonds. The number of rotatable bonds is 1. The Morgan fingerprint density at radius 3 is 2.79 bits per heavy atom. The SMILES string of the molecule is O=C(c1ccc(O)cc1F)N1CC2CCC(O)C2C1. The van der Waals surface area contributed by atoms with Crippen LogP contribution in [0.2, 0.25) is 0 Å². The average Bonchev–Trinajstić information content (AvgIpc) is 2.91. The molecule has 102 valence electrons. The molecule has 1 heterocycles. The van der Waals surface area contributed by atoms with Crippen LogP contribution in [0.4, 0.5) is 4.39 Å². The summed E-state index contributed by atoms with van der Waals surface area (Å²) in [6.45, 7) is 1.08. The zero-order valence-corrected chi connectivity index (χ0v) is 10.4. The van der Waals surface area contributed by atoms with Crippen LogP contribution in [0.5, 0.6) is 5.75 Å². The van der Waals surface area contributed by atoms with E-state index in [1.165, 1.54) is 12.1 Å². The van der Waals surface area contributed by atoms with Gasteiger partial charge in [0, 0.05) is 25.1 Å². The van der Waals surface area contributed by atoms with Crippen molar-refractivity contribution in [2.75, 3.05) is 13.1 Å². The van der Waals surface area contributed by atoms with E-state index in [1.54, 1.807) is 4.90 Å². The molecule has 1 aromatic carbocycles. The highest BCUT2D eigenvalue weighted by Crippen LogP contribution is 2.38. The second-order valence-electron chi connectivity index (χ2n) is 5.44. The normalized spacial score (nSPS) is 29.6. The minimum Gasteiger partial charge on any atom is -0.508 e. The van der Waals surface area contributed by atoms with Gasteiger partial charge in [-0.25, -0.2) is 4.39 Å². The Kier molecular flexibility index (Phi) is 2.93. The van der Waals surface area contributed by atoms with Crippen molar-refractivity contribution in [2.24, 2.45) is 11.8 Å². The zero-order valence-electron chi connectivity index (χ0n) is 10.4. The third kappa shape index (κ3) is 2.08. The lowest BCUT2D eigenvalue weighted by Gasteiger charge is -2.18. The standard InChI is InChI=1S/C14H16FNO3/c15-12-5-9(17)2-3-10(12)14(19)16-6-8-1-4-13(18)11(8)7-16/h2-3,5,8,11,13,17-18H,1,4,6-7H2. The average molecular weight is 265 g/mol. The van der Waals surface area contributed by atoms with Crippen LogP contribution in [-0.2, 0) is 0 Å². The van der Waals surface area contributed by atoms with Gasteiger partial charge in [-0.2, -0.15) is 0 Å². The molecule has 19 heavy (non-hydrogen) atoms. The predicted octanol–water partition coefficient (Wildman–Crippen LogP) is 1.37. The summed E-state index contributed by atoms with van der Waals surface area (Å²) in [7, 11) is 0. The van der Waals surface area contributed by atoms with Crippen LogP contribution >= 0.6 is 0 Å². The molecule has 0 aromatic heterocycles. The van der Waals surface area contributed by atoms with Crippen molar-refractivity contribution in [1.82, 2.24) is 4.90 Å². The van der Waals surface area contributed by atoms with Crippen LogP contribution in [0.3, 0.4) is 0 Å². The lowest BCUT2D eigenvalue weighted by Crippen LogP contribution is -2.31. The number of aliphatic hydroxyl groups excluding tert-OH is 1. The molecule has 0 radical (unpaired) electrons. The first kappa shape index (κ1) is 12.4. The maximum absolute atomic E-state index is 13.7. The quantitative estimate of drug-likeness (QED) is 0.806. The van der Waals surface area contributed by atoms with Gasteiger partial charge in [0.25, 0.3) is 5.91 Å². The summed E-state index contributed by atoms with van der Waals surface area (Å²) >= 11 is 0. The summed E-state index contributed by atoms with van der Waals surface area (Å²) in [4.78, 5) is 13.8. The molecule has 1 aliphatic carbocycles. The van der Waals surface area contributed by atoms with E-state index < -0.39 is 5.82 Å². The molecule has 1 saturated heterocycles. The van der Waals surface area contributed by atoms with Crippen LogP contribution in [0, 0.1) is 17.7 Å². The minimum absolute atomic E-state index is 0.0211. The topological polar surface area (TPSA) is 60.8 Å². The zero-order chi connectivity index (χ0) is 13.6. The van der Waals surface area contributed by atoms with Crippen molar-refractivity contribution in [3.8, 4) is 5.75 Å². The number of carbonyl (C=O) groups excluding carboxylic acids is 1. The van der Waals surface area contributed by atoms with Gasteiger partial charge in [0.15, 0.2) is 0 Å². The molecule has 2 fully saturated rings. The number of phenolic OH excluding ortho intramolecular Hbond substituents is 1. The number of likely N-dealkylation sites (tertiary alicyclic amines) is 1. The Bertz CT molecular complexity index is 519. The molecule has 5 heteroatoms. The number of benzene rings is 1. The van der Waals surface area contributed by atoms with E-state index in [9.17, 15) is 14.3 Å². The number of hydrogen-bond donors (Lipinski definition) is 2. The number of hydrogen-bond acceptors (Lipinski definition) is 3. The molecule has 0 spiro atoms. The number of phenols is 1. The maximum atomic E-state index is 13.7. The molecule has 3 unspecified atom stereocenters. The van der Waals surface area contributed by atoms with Gasteiger partial charge < -0.3 is 15.1 Å². The van der Waals surface area contributed by atoms with Gasteiger partial charge in [-0.3, -0.25) is 4.79 Å². The summed E-state index contributed by atoms with van der Waals surface area (Å²) in [6, 6.07) is 3.55. The number of aliphatic hydroxyl groups is 1. The van der Waals surface area contributed by atoms with Gasteiger partial charge >= 0.3 is 0 Å². The van der Waals surface area contributed by atoms with Crippen LogP contribution in [0.1, 0.15) is 23.2 Å². The monoisotopic (exact) mass is 265 g/mol. The molecule has 0 bridgehead atoms. The van der Waals surface area contributed by atoms with Crippen molar-refractivity contribution in [2.45, 2.75) is 18.9 Å². The van der Waals surface area contributed by atoms with Crippen LogP contribution in [-0.4, -0.2) is 40.2 Å². The molecule has 2 aliphatic rings. The maximum Gasteiger partial charge on any atom is 0.256 e. The highest BCUT2D eigenvalue weighted by Gasteiger charge is 2.43. The third-order valence-electron chi connectivity index (χ3n) is 4.29. The van der Waals surface area contributed by atoms with E-state index in [4.69, 9.17) is 5.11 Å². The highest BCUT2D eigenvalue weighted by atomic mass is 19.1. The fraction of sp³-hybridized carbons (Fsp3) is 0.500. The molecule has 2 N–H and O–H groups in total. The Labute approximate surface area is 110 Å². The number of aromatic hydroxyl groups is 1. The minimum atomic E-state index is -0.706. The van der Waals surface area contributed by atoms with Gasteiger partial charge in [0.2, 0.25) is 0 Å². The van der Waals surface area contributed by atoms with Gasteiger partial charge in [-0.05, 0) is 30.9 Å². The molecule has 3 rings (SSSR count). The predicted molar refractivity (Wildman–Crippen MR) is 66.2 cm³/mol. The molecule has 1 aliphatic heterocycles. The van der Waals surface area contributed by atoms with Crippen LogP contribution in [0.15, 0.2) is 18.2 Å². The van der Waals surface area contributed by atoms with E-state index in [2.05, 4.69) is 0 Å². The van der Waals surface area contributed by atoms with Gasteiger partial charge in [-0.1, -0.05) is 0 Å². The molecule has 1 aromatic rings. The van der Waals surface area contributed by atoms with Crippen molar-refractivity contribution >= 4 is 5.91 Å². The van der Waals surface area contributed by atoms with E-state index in [-0.39, 0.29) is 29.2 Å². The highest BCUT2D eigenvalue weighted by molar-refractivity contribution is 5.94. The Morgan fingerprint density at radius 1 is 1.32 bits per heavy atom. The second kappa shape index (κ2) is 4.49. The Balaban J connectivity index is 1.78. The first-order chi connectivity index (χ1) is 9.06. The first-order valence-corrected chi connectivity index (χ1v) is 6.52. The van der Waals surface area contributed by atoms with Gasteiger partial charge in [-0.15, -0.1) is 0 Å². The number of fused-ring (bicyclic) bond motifs is 1. The van der Waals surface area contributed by atoms with Gasteiger partial charge in [0.1, 0.15) is 11.6 Å². The summed E-state index contributed by atoms with van der Waals surface area (Å²) in [5, 5.41) is 19.0. The lowest BCUT2D eigenvalue weighted by molar-refractivity contribution is 0.0748. The summed E-state index contributed by atoms with van der Waals surface area (Å²) < 4.78 is 13.7. The van der Waals surface area contributed by atoms with Crippen LogP contribution < -0.4 is 0 Å². The van der Waals surface area contributed by atoms with E-state index in [1.807, 2.05) is 0 Å². The lowest BCUT2D eigenvalue weighted by atomic mass is 10.00. The van der Waals surface area contributed by atoms with E-state index >= 15 is 0 Å². The third-order valence-corrected chi connectivity index (χ3v) is 4.29. The molecule has 1 saturated carbocycles. The van der Waals surface area contributed by atoms with E-state index in [0.29, 0.717) is 19.0 Å². The molecular formula is C14H16FNO3. The van der Waals surface area contributed by atoms with Gasteiger partial charge in [0.05, 0.1) is 11.7 Å². The smallest absolute Gasteiger partial charge is 0.256 e. The van der Waals surface area contributed by atoms with Crippen molar-refractivity contribution in [3.63, 3.8) is 0 Å². The fourth-order valence-electron chi connectivity index (χ4n) is 3.25. The van der Waals surface area contributed by atoms with Crippen molar-refractivity contribution in [3.05, 3.63) is 29.6 Å². The molecule has 3 atom stereocenters. The largest absolute Gasteiger partial charge is 0.508 e. The number of carbonyl (C=O) groups is 1. The fourth-order valence-corrected chi connectivity index (χ4v) is 3.25. The summed E-state index contributed by atoms with van der Waals surface area (Å²) in [5.41, 5.74) is -0.0211. The van der Waals surface area contributed by atoms with Crippen LogP contribution in [0.25, 0.3) is 0 Å². The molecular weight excluding hydrogens is 249 g/mol.